The molecular formula is C7H8N2OS. The molecule has 0 saturated carbocycles. The van der Waals surface area contributed by atoms with Crippen molar-refractivity contribution in [1.82, 2.24) is 5.32 Å². The van der Waals surface area contributed by atoms with Crippen molar-refractivity contribution in [1.29, 1.82) is 0 Å². The molecule has 0 aliphatic carbocycles. The molecule has 1 aliphatic heterocycles. The average Bonchev–Trinajstić information content (AvgIpc) is 2.34. The van der Waals surface area contributed by atoms with Crippen LogP contribution in [0, 0.1) is 0 Å². The number of hydrogen-bond donors (Lipinski definition) is 2. The van der Waals surface area contributed by atoms with Gasteiger partial charge < -0.3 is 11.1 Å². The molecule has 0 atom stereocenters. The van der Waals surface area contributed by atoms with Crippen LogP contribution in [-0.2, 0) is 6.42 Å². The largest absolute Gasteiger partial charge is 0.390 e. The third kappa shape index (κ3) is 0.903. The number of carbonyl (C=O) groups excluding carboxylic acids is 1. The summed E-state index contributed by atoms with van der Waals surface area (Å²) in [6, 6.07) is 0. The summed E-state index contributed by atoms with van der Waals surface area (Å²) in [5.41, 5.74) is 7.40. The number of hydrogen-bond acceptors (Lipinski definition) is 3. The van der Waals surface area contributed by atoms with Crippen molar-refractivity contribution in [2.75, 3.05) is 12.3 Å². The van der Waals surface area contributed by atoms with Crippen LogP contribution in [0.3, 0.4) is 0 Å². The zero-order chi connectivity index (χ0) is 7.84. The van der Waals surface area contributed by atoms with Crippen molar-refractivity contribution >= 4 is 22.2 Å². The van der Waals surface area contributed by atoms with Gasteiger partial charge in [-0.1, -0.05) is 0 Å². The number of nitrogens with two attached hydrogens (primary N) is 1. The first-order valence-electron chi connectivity index (χ1n) is 3.43. The van der Waals surface area contributed by atoms with Crippen molar-refractivity contribution in [2.45, 2.75) is 6.42 Å². The Hall–Kier alpha value is -1.03. The fraction of sp³-hybridized carbons (Fsp3) is 0.286. The predicted molar refractivity (Wildman–Crippen MR) is 44.8 cm³/mol. The molecule has 3 N–H and O–H groups in total. The van der Waals surface area contributed by atoms with Gasteiger partial charge in [-0.15, -0.1) is 11.3 Å². The van der Waals surface area contributed by atoms with Gasteiger partial charge in [-0.3, -0.25) is 4.79 Å². The number of rotatable bonds is 0. The molecule has 2 rings (SSSR count). The Morgan fingerprint density at radius 1 is 1.64 bits per heavy atom. The molecule has 1 aromatic heterocycles. The lowest BCUT2D eigenvalue weighted by Crippen LogP contribution is -2.31. The third-order valence-electron chi connectivity index (χ3n) is 1.80. The van der Waals surface area contributed by atoms with Crippen LogP contribution in [0.15, 0.2) is 5.38 Å². The Bertz CT molecular complexity index is 305. The Morgan fingerprint density at radius 2 is 2.45 bits per heavy atom. The summed E-state index contributed by atoms with van der Waals surface area (Å²) >= 11 is 1.44. The van der Waals surface area contributed by atoms with E-state index in [1.165, 1.54) is 11.3 Å². The van der Waals surface area contributed by atoms with Crippen LogP contribution < -0.4 is 11.1 Å². The lowest BCUT2D eigenvalue weighted by molar-refractivity contribution is 0.0947. The van der Waals surface area contributed by atoms with Crippen molar-refractivity contribution in [3.05, 3.63) is 16.5 Å². The molecule has 0 fully saturated rings. The van der Waals surface area contributed by atoms with E-state index in [2.05, 4.69) is 5.32 Å². The zero-order valence-electron chi connectivity index (χ0n) is 5.89. The molecule has 0 saturated heterocycles. The molecule has 0 unspecified atom stereocenters. The normalized spacial score (nSPS) is 15.8. The molecule has 4 heteroatoms. The van der Waals surface area contributed by atoms with Gasteiger partial charge in [0.2, 0.25) is 0 Å². The van der Waals surface area contributed by atoms with E-state index in [-0.39, 0.29) is 5.91 Å². The first-order chi connectivity index (χ1) is 5.29. The monoisotopic (exact) mass is 168 g/mol. The molecule has 1 aliphatic rings. The lowest BCUT2D eigenvalue weighted by atomic mass is 10.1. The van der Waals surface area contributed by atoms with E-state index in [9.17, 15) is 4.79 Å². The minimum atomic E-state index is -0.0231. The Balaban J connectivity index is 2.56. The van der Waals surface area contributed by atoms with E-state index in [0.29, 0.717) is 10.6 Å². The number of nitrogens with one attached hydrogen (secondary N) is 1. The fourth-order valence-electron chi connectivity index (χ4n) is 1.25. The highest BCUT2D eigenvalue weighted by atomic mass is 32.1. The highest BCUT2D eigenvalue weighted by molar-refractivity contribution is 7.14. The predicted octanol–water partition coefficient (Wildman–Crippen LogP) is 0.616. The number of thiophene rings is 1. The lowest BCUT2D eigenvalue weighted by Gasteiger charge is -2.12. The second-order valence-corrected chi connectivity index (χ2v) is 3.42. The third-order valence-corrected chi connectivity index (χ3v) is 2.66. The van der Waals surface area contributed by atoms with Crippen molar-refractivity contribution in [3.8, 4) is 0 Å². The quantitative estimate of drug-likeness (QED) is 0.596. The minimum Gasteiger partial charge on any atom is -0.390 e. The summed E-state index contributed by atoms with van der Waals surface area (Å²) in [7, 11) is 0. The number of anilines is 1. The Kier molecular flexibility index (Phi) is 1.35. The molecule has 0 radical (unpaired) electrons. The van der Waals surface area contributed by atoms with Gasteiger partial charge in [-0.2, -0.15) is 0 Å². The van der Waals surface area contributed by atoms with Gasteiger partial charge in [-0.05, 0) is 17.4 Å². The van der Waals surface area contributed by atoms with Crippen molar-refractivity contribution in [3.63, 3.8) is 0 Å². The van der Waals surface area contributed by atoms with E-state index in [1.807, 2.05) is 5.38 Å². The van der Waals surface area contributed by atoms with Gasteiger partial charge >= 0.3 is 0 Å². The van der Waals surface area contributed by atoms with E-state index >= 15 is 0 Å². The molecule has 11 heavy (non-hydrogen) atoms. The minimum absolute atomic E-state index is 0.0231. The van der Waals surface area contributed by atoms with Gasteiger partial charge in [0.25, 0.3) is 5.91 Å². The van der Waals surface area contributed by atoms with Gasteiger partial charge in [0, 0.05) is 6.54 Å². The molecule has 1 aromatic rings. The second kappa shape index (κ2) is 2.23. The zero-order valence-corrected chi connectivity index (χ0v) is 6.70. The molecule has 0 bridgehead atoms. The Morgan fingerprint density at radius 3 is 3.18 bits per heavy atom. The summed E-state index contributed by atoms with van der Waals surface area (Å²) in [5.74, 6) is -0.0231. The summed E-state index contributed by atoms with van der Waals surface area (Å²) in [6.45, 7) is 0.738. The van der Waals surface area contributed by atoms with E-state index in [0.717, 1.165) is 18.5 Å². The van der Waals surface area contributed by atoms with Crippen LogP contribution in [0.5, 0.6) is 0 Å². The summed E-state index contributed by atoms with van der Waals surface area (Å²) < 4.78 is 0. The summed E-state index contributed by atoms with van der Waals surface area (Å²) in [6.07, 6.45) is 0.911. The first-order valence-corrected chi connectivity index (χ1v) is 4.31. The van der Waals surface area contributed by atoms with Crippen molar-refractivity contribution < 1.29 is 4.79 Å². The van der Waals surface area contributed by atoms with E-state index in [4.69, 9.17) is 5.73 Å². The summed E-state index contributed by atoms with van der Waals surface area (Å²) in [5, 5.41) is 5.35. The molecular weight excluding hydrogens is 160 g/mol. The van der Waals surface area contributed by atoms with Gasteiger partial charge in [0.15, 0.2) is 0 Å². The number of carbonyl (C=O) groups is 1. The SMILES string of the molecule is Nc1scc2c1C(=O)NCC2. The van der Waals surface area contributed by atoms with Gasteiger partial charge in [0.05, 0.1) is 10.6 Å². The van der Waals surface area contributed by atoms with Crippen LogP contribution >= 0.6 is 11.3 Å². The van der Waals surface area contributed by atoms with Gasteiger partial charge in [-0.25, -0.2) is 0 Å². The van der Waals surface area contributed by atoms with Crippen LogP contribution in [0.4, 0.5) is 5.00 Å². The molecule has 0 spiro atoms. The van der Waals surface area contributed by atoms with Crippen LogP contribution in [0.1, 0.15) is 15.9 Å². The molecule has 58 valence electrons. The summed E-state index contributed by atoms with van der Waals surface area (Å²) in [4.78, 5) is 11.2. The highest BCUT2D eigenvalue weighted by Crippen LogP contribution is 2.26. The molecule has 2 heterocycles. The maximum atomic E-state index is 11.2. The molecule has 3 nitrogen and oxygen atoms in total. The second-order valence-electron chi connectivity index (χ2n) is 2.51. The van der Waals surface area contributed by atoms with Crippen LogP contribution in [0.2, 0.25) is 0 Å². The number of nitrogen functional groups attached to an aromatic ring is 1. The Labute approximate surface area is 68.2 Å². The maximum Gasteiger partial charge on any atom is 0.254 e. The standard InChI is InChI=1S/C7H8N2OS/c8-6-5-4(3-11-6)1-2-9-7(5)10/h3H,1-2,8H2,(H,9,10). The van der Waals surface area contributed by atoms with Crippen LogP contribution in [0.25, 0.3) is 0 Å². The average molecular weight is 168 g/mol. The topological polar surface area (TPSA) is 55.1 Å². The fourth-order valence-corrected chi connectivity index (χ4v) is 2.10. The van der Waals surface area contributed by atoms with Gasteiger partial charge in [0.1, 0.15) is 0 Å². The highest BCUT2D eigenvalue weighted by Gasteiger charge is 2.20. The molecule has 0 aromatic carbocycles. The number of amides is 1. The van der Waals surface area contributed by atoms with E-state index < -0.39 is 0 Å². The van der Waals surface area contributed by atoms with Crippen LogP contribution in [-0.4, -0.2) is 12.5 Å². The first kappa shape index (κ1) is 6.67. The van der Waals surface area contributed by atoms with Crippen molar-refractivity contribution in [2.24, 2.45) is 0 Å². The van der Waals surface area contributed by atoms with E-state index in [1.54, 1.807) is 0 Å². The number of fused-ring (bicyclic) bond motifs is 1. The molecule has 1 amide bonds. The smallest absolute Gasteiger partial charge is 0.254 e. The maximum absolute atomic E-state index is 11.2.